The Hall–Kier alpha value is -3.22. The van der Waals surface area contributed by atoms with Gasteiger partial charge in [-0.25, -0.2) is 4.39 Å². The number of nitrogens with one attached hydrogen (secondary N) is 1. The summed E-state index contributed by atoms with van der Waals surface area (Å²) in [4.78, 5) is 40.2. The summed E-state index contributed by atoms with van der Waals surface area (Å²) in [5.74, 6) is -1.75. The Morgan fingerprint density at radius 2 is 1.93 bits per heavy atom. The standard InChI is InChI=1S/C22H24FN3O3/c1-3-15-7-9-19(10-8-15)26-13-16(11-21(26)28)22(29)25(2)14-20(27)24-18-6-4-5-17(23)12-18/h4-10,12,16H,3,11,13-14H2,1-2H3,(H,24,27)/t16-/m1/s1. The summed E-state index contributed by atoms with van der Waals surface area (Å²) in [6.45, 7) is 2.18. The molecule has 3 rings (SSSR count). The zero-order chi connectivity index (χ0) is 21.0. The van der Waals surface area contributed by atoms with Crippen LogP contribution < -0.4 is 10.2 Å². The van der Waals surface area contributed by atoms with Crippen molar-refractivity contribution >= 4 is 29.1 Å². The molecular formula is C22H24FN3O3. The first kappa shape index (κ1) is 20.5. The molecule has 1 heterocycles. The van der Waals surface area contributed by atoms with Crippen molar-refractivity contribution in [1.82, 2.24) is 4.90 Å². The topological polar surface area (TPSA) is 69.7 Å². The predicted molar refractivity (Wildman–Crippen MR) is 109 cm³/mol. The highest BCUT2D eigenvalue weighted by Gasteiger charge is 2.36. The van der Waals surface area contributed by atoms with Gasteiger partial charge in [0.2, 0.25) is 17.7 Å². The lowest BCUT2D eigenvalue weighted by molar-refractivity contribution is -0.137. The summed E-state index contributed by atoms with van der Waals surface area (Å²) in [5, 5.41) is 2.56. The van der Waals surface area contributed by atoms with Crippen molar-refractivity contribution in [3.63, 3.8) is 0 Å². The highest BCUT2D eigenvalue weighted by molar-refractivity contribution is 6.01. The molecule has 0 radical (unpaired) electrons. The summed E-state index contributed by atoms with van der Waals surface area (Å²) in [7, 11) is 1.52. The van der Waals surface area contributed by atoms with Crippen LogP contribution in [0.25, 0.3) is 0 Å². The molecule has 1 aliphatic rings. The van der Waals surface area contributed by atoms with Gasteiger partial charge in [-0.05, 0) is 42.3 Å². The molecule has 2 aromatic rings. The molecule has 1 N–H and O–H groups in total. The first-order valence-corrected chi connectivity index (χ1v) is 9.57. The van der Waals surface area contributed by atoms with Crippen LogP contribution in [0.4, 0.5) is 15.8 Å². The molecule has 29 heavy (non-hydrogen) atoms. The first-order chi connectivity index (χ1) is 13.9. The van der Waals surface area contributed by atoms with E-state index in [1.807, 2.05) is 24.3 Å². The second-order valence-electron chi connectivity index (χ2n) is 7.18. The van der Waals surface area contributed by atoms with Crippen LogP contribution in [0.5, 0.6) is 0 Å². The molecule has 0 saturated carbocycles. The number of carbonyl (C=O) groups is 3. The number of hydrogen-bond acceptors (Lipinski definition) is 3. The second-order valence-corrected chi connectivity index (χ2v) is 7.18. The molecule has 152 valence electrons. The van der Waals surface area contributed by atoms with Gasteiger partial charge >= 0.3 is 0 Å². The number of anilines is 2. The van der Waals surface area contributed by atoms with E-state index in [0.29, 0.717) is 12.2 Å². The number of rotatable bonds is 6. The van der Waals surface area contributed by atoms with Gasteiger partial charge in [-0.3, -0.25) is 14.4 Å². The third-order valence-electron chi connectivity index (χ3n) is 5.00. The van der Waals surface area contributed by atoms with Gasteiger partial charge in [-0.1, -0.05) is 25.1 Å². The molecule has 2 aromatic carbocycles. The van der Waals surface area contributed by atoms with Crippen molar-refractivity contribution in [2.75, 3.05) is 30.4 Å². The second kappa shape index (κ2) is 8.86. The largest absolute Gasteiger partial charge is 0.336 e. The van der Waals surface area contributed by atoms with Crippen molar-refractivity contribution in [3.8, 4) is 0 Å². The zero-order valence-corrected chi connectivity index (χ0v) is 16.5. The number of halogens is 1. The maximum Gasteiger partial charge on any atom is 0.243 e. The fourth-order valence-electron chi connectivity index (χ4n) is 3.41. The van der Waals surface area contributed by atoms with E-state index in [2.05, 4.69) is 12.2 Å². The van der Waals surface area contributed by atoms with Crippen LogP contribution in [0.3, 0.4) is 0 Å². The summed E-state index contributed by atoms with van der Waals surface area (Å²) >= 11 is 0. The van der Waals surface area contributed by atoms with Crippen molar-refractivity contribution in [2.24, 2.45) is 5.92 Å². The molecule has 0 spiro atoms. The Morgan fingerprint density at radius 1 is 1.21 bits per heavy atom. The summed E-state index contributed by atoms with van der Waals surface area (Å²) < 4.78 is 13.2. The highest BCUT2D eigenvalue weighted by Crippen LogP contribution is 2.26. The Morgan fingerprint density at radius 3 is 2.59 bits per heavy atom. The Labute approximate surface area is 169 Å². The van der Waals surface area contributed by atoms with E-state index in [1.165, 1.54) is 35.7 Å². The summed E-state index contributed by atoms with van der Waals surface area (Å²) in [6, 6.07) is 13.3. The molecular weight excluding hydrogens is 373 g/mol. The van der Waals surface area contributed by atoms with Gasteiger partial charge in [0.05, 0.1) is 12.5 Å². The maximum absolute atomic E-state index is 13.2. The van der Waals surface area contributed by atoms with Crippen molar-refractivity contribution in [1.29, 1.82) is 0 Å². The summed E-state index contributed by atoms with van der Waals surface area (Å²) in [5.41, 5.74) is 2.28. The van der Waals surface area contributed by atoms with Crippen LogP contribution in [0.15, 0.2) is 48.5 Å². The lowest BCUT2D eigenvalue weighted by atomic mass is 10.1. The van der Waals surface area contributed by atoms with E-state index < -0.39 is 17.6 Å². The fraction of sp³-hybridized carbons (Fsp3) is 0.318. The molecule has 0 bridgehead atoms. The van der Waals surface area contributed by atoms with E-state index in [4.69, 9.17) is 0 Å². The minimum Gasteiger partial charge on any atom is -0.336 e. The molecule has 6 nitrogen and oxygen atoms in total. The molecule has 3 amide bonds. The molecule has 0 aromatic heterocycles. The molecule has 0 aliphatic carbocycles. The van der Waals surface area contributed by atoms with Crippen LogP contribution >= 0.6 is 0 Å². The third kappa shape index (κ3) is 4.99. The van der Waals surface area contributed by atoms with E-state index in [0.717, 1.165) is 12.1 Å². The van der Waals surface area contributed by atoms with E-state index in [1.54, 1.807) is 11.0 Å². The monoisotopic (exact) mass is 397 g/mol. The number of carbonyl (C=O) groups excluding carboxylic acids is 3. The van der Waals surface area contributed by atoms with Crippen molar-refractivity contribution in [3.05, 3.63) is 59.9 Å². The average Bonchev–Trinajstić information content (AvgIpc) is 3.09. The van der Waals surface area contributed by atoms with Crippen LogP contribution in [-0.4, -0.2) is 42.8 Å². The molecule has 1 atom stereocenters. The Balaban J connectivity index is 1.58. The smallest absolute Gasteiger partial charge is 0.243 e. The number of amides is 3. The van der Waals surface area contributed by atoms with Crippen LogP contribution in [0, 0.1) is 11.7 Å². The fourth-order valence-corrected chi connectivity index (χ4v) is 3.41. The Bertz CT molecular complexity index is 914. The van der Waals surface area contributed by atoms with Gasteiger partial charge in [-0.2, -0.15) is 0 Å². The lowest BCUT2D eigenvalue weighted by Crippen LogP contribution is -2.39. The molecule has 0 unspecified atom stereocenters. The molecule has 1 aliphatic heterocycles. The van der Waals surface area contributed by atoms with Crippen molar-refractivity contribution in [2.45, 2.75) is 19.8 Å². The summed E-state index contributed by atoms with van der Waals surface area (Å²) in [6.07, 6.45) is 1.03. The maximum atomic E-state index is 13.2. The van der Waals surface area contributed by atoms with Gasteiger partial charge in [-0.15, -0.1) is 0 Å². The first-order valence-electron chi connectivity index (χ1n) is 9.57. The molecule has 1 fully saturated rings. The lowest BCUT2D eigenvalue weighted by Gasteiger charge is -2.21. The number of likely N-dealkylation sites (N-methyl/N-ethyl adjacent to an activating group) is 1. The number of benzene rings is 2. The van der Waals surface area contributed by atoms with Gasteiger partial charge in [0.25, 0.3) is 0 Å². The van der Waals surface area contributed by atoms with Crippen molar-refractivity contribution < 1.29 is 18.8 Å². The average molecular weight is 397 g/mol. The van der Waals surface area contributed by atoms with Crippen LogP contribution in [0.2, 0.25) is 0 Å². The van der Waals surface area contributed by atoms with Gasteiger partial charge in [0, 0.05) is 31.4 Å². The van der Waals surface area contributed by atoms with E-state index in [-0.39, 0.29) is 24.8 Å². The molecule has 7 heteroatoms. The quantitative estimate of drug-likeness (QED) is 0.815. The Kier molecular flexibility index (Phi) is 6.26. The number of aryl methyl sites for hydroxylation is 1. The number of nitrogens with zero attached hydrogens (tertiary/aromatic N) is 2. The normalized spacial score (nSPS) is 16.0. The van der Waals surface area contributed by atoms with Gasteiger partial charge < -0.3 is 15.1 Å². The van der Waals surface area contributed by atoms with E-state index in [9.17, 15) is 18.8 Å². The minimum atomic E-state index is -0.500. The zero-order valence-electron chi connectivity index (χ0n) is 16.5. The minimum absolute atomic E-state index is 0.106. The van der Waals surface area contributed by atoms with Gasteiger partial charge in [0.15, 0.2) is 0 Å². The predicted octanol–water partition coefficient (Wildman–Crippen LogP) is 2.84. The third-order valence-corrected chi connectivity index (χ3v) is 5.00. The highest BCUT2D eigenvalue weighted by atomic mass is 19.1. The van der Waals surface area contributed by atoms with E-state index >= 15 is 0 Å². The number of hydrogen-bond donors (Lipinski definition) is 1. The van der Waals surface area contributed by atoms with Crippen LogP contribution in [-0.2, 0) is 20.8 Å². The van der Waals surface area contributed by atoms with Crippen LogP contribution in [0.1, 0.15) is 18.9 Å². The SMILES string of the molecule is CCc1ccc(N2C[C@H](C(=O)N(C)CC(=O)Nc3cccc(F)c3)CC2=O)cc1. The van der Waals surface area contributed by atoms with Gasteiger partial charge in [0.1, 0.15) is 5.82 Å². The molecule has 1 saturated heterocycles.